The van der Waals surface area contributed by atoms with Gasteiger partial charge in [0.05, 0.1) is 11.0 Å². The topological polar surface area (TPSA) is 102 Å². The lowest BCUT2D eigenvalue weighted by Crippen LogP contribution is -2.38. The van der Waals surface area contributed by atoms with E-state index in [1.54, 1.807) is 17.0 Å². The smallest absolute Gasteiger partial charge is 0.253 e. The molecule has 0 radical (unpaired) electrons. The molecule has 1 atom stereocenters. The van der Waals surface area contributed by atoms with Crippen molar-refractivity contribution in [2.75, 3.05) is 26.2 Å². The summed E-state index contributed by atoms with van der Waals surface area (Å²) in [5.74, 6) is 0.714. The van der Waals surface area contributed by atoms with Crippen LogP contribution in [0.3, 0.4) is 0 Å². The fourth-order valence-corrected chi connectivity index (χ4v) is 5.58. The van der Waals surface area contributed by atoms with Gasteiger partial charge in [-0.2, -0.15) is 0 Å². The van der Waals surface area contributed by atoms with Gasteiger partial charge in [0.2, 0.25) is 10.0 Å². The van der Waals surface area contributed by atoms with Crippen LogP contribution in [0.2, 0.25) is 0 Å². The molecule has 2 fully saturated rings. The third kappa shape index (κ3) is 4.80. The van der Waals surface area contributed by atoms with Crippen LogP contribution in [0.1, 0.15) is 47.8 Å². The molecule has 0 aliphatic carbocycles. The summed E-state index contributed by atoms with van der Waals surface area (Å²) < 4.78 is 39.4. The van der Waals surface area contributed by atoms with E-state index in [1.807, 2.05) is 24.3 Å². The average Bonchev–Trinajstić information content (AvgIpc) is 3.52. The van der Waals surface area contributed by atoms with Gasteiger partial charge in [0, 0.05) is 37.7 Å². The molecular formula is C24H27N3O5S. The van der Waals surface area contributed by atoms with Crippen molar-refractivity contribution in [1.82, 2.24) is 14.6 Å². The maximum Gasteiger partial charge on any atom is 0.253 e. The lowest BCUT2D eigenvalue weighted by atomic mass is 9.96. The van der Waals surface area contributed by atoms with Gasteiger partial charge in [-0.05, 0) is 56.0 Å². The highest BCUT2D eigenvalue weighted by molar-refractivity contribution is 7.89. The van der Waals surface area contributed by atoms with Gasteiger partial charge in [-0.3, -0.25) is 4.79 Å². The Morgan fingerprint density at radius 3 is 2.67 bits per heavy atom. The van der Waals surface area contributed by atoms with Crippen molar-refractivity contribution in [3.63, 3.8) is 0 Å². The Kier molecular flexibility index (Phi) is 6.18. The molecule has 174 valence electrons. The van der Waals surface area contributed by atoms with E-state index in [1.165, 1.54) is 12.1 Å². The Bertz CT molecular complexity index is 1210. The molecule has 2 saturated heterocycles. The zero-order chi connectivity index (χ0) is 22.8. The summed E-state index contributed by atoms with van der Waals surface area (Å²) in [5, 5.41) is 0. The number of nitrogens with zero attached hydrogens (tertiary/aromatic N) is 2. The second kappa shape index (κ2) is 9.24. The fraction of sp³-hybridized carbons (Fsp3) is 0.417. The van der Waals surface area contributed by atoms with E-state index in [4.69, 9.17) is 9.15 Å². The highest BCUT2D eigenvalue weighted by atomic mass is 32.2. The molecule has 0 unspecified atom stereocenters. The van der Waals surface area contributed by atoms with E-state index in [9.17, 15) is 13.2 Å². The average molecular weight is 470 g/mol. The number of para-hydroxylation sites is 2. The zero-order valence-electron chi connectivity index (χ0n) is 18.3. The second-order valence-electron chi connectivity index (χ2n) is 8.60. The maximum atomic E-state index is 13.1. The van der Waals surface area contributed by atoms with Gasteiger partial charge in [-0.1, -0.05) is 18.2 Å². The van der Waals surface area contributed by atoms with E-state index < -0.39 is 10.0 Å². The number of ether oxygens (including phenoxy) is 1. The summed E-state index contributed by atoms with van der Waals surface area (Å²) in [6.07, 6.45) is 3.20. The van der Waals surface area contributed by atoms with E-state index in [2.05, 4.69) is 9.71 Å². The number of fused-ring (bicyclic) bond motifs is 1. The van der Waals surface area contributed by atoms with Crippen molar-refractivity contribution in [2.45, 2.75) is 42.6 Å². The third-order valence-electron chi connectivity index (χ3n) is 6.36. The monoisotopic (exact) mass is 469 g/mol. The minimum atomic E-state index is -3.71. The van der Waals surface area contributed by atoms with Crippen molar-refractivity contribution >= 4 is 27.0 Å². The Balaban J connectivity index is 1.22. The Labute approximate surface area is 193 Å². The number of hydrogen-bond acceptors (Lipinski definition) is 6. The number of carbonyl (C=O) groups is 1. The number of sulfonamides is 1. The normalized spacial score (nSPS) is 19.9. The second-order valence-corrected chi connectivity index (χ2v) is 10.4. The molecule has 33 heavy (non-hydrogen) atoms. The van der Waals surface area contributed by atoms with Crippen molar-refractivity contribution in [3.8, 4) is 0 Å². The Morgan fingerprint density at radius 1 is 1.09 bits per heavy atom. The summed E-state index contributed by atoms with van der Waals surface area (Å²) in [6, 6.07) is 13.9. The summed E-state index contributed by atoms with van der Waals surface area (Å²) in [7, 11) is -3.71. The molecule has 1 aromatic heterocycles. The molecule has 0 saturated carbocycles. The molecule has 9 heteroatoms. The van der Waals surface area contributed by atoms with Crippen LogP contribution in [0.4, 0.5) is 0 Å². The molecule has 5 rings (SSSR count). The first-order valence-corrected chi connectivity index (χ1v) is 12.8. The molecule has 8 nitrogen and oxygen atoms in total. The van der Waals surface area contributed by atoms with Crippen LogP contribution in [0.25, 0.3) is 11.1 Å². The van der Waals surface area contributed by atoms with E-state index in [0.29, 0.717) is 31.2 Å². The van der Waals surface area contributed by atoms with Gasteiger partial charge in [0.25, 0.3) is 5.91 Å². The standard InChI is InChI=1S/C24H27N3O5S/c28-24(18-5-3-7-20(15-18)33(29,30)25-16-19-6-4-14-31-19)27-12-10-17(11-13-27)23-26-21-8-1-2-9-22(21)32-23/h1-3,5,7-9,15,17,19,25H,4,6,10-14,16H2/t19-/m1/s1. The third-order valence-corrected chi connectivity index (χ3v) is 7.78. The van der Waals surface area contributed by atoms with Crippen molar-refractivity contribution < 1.29 is 22.4 Å². The largest absolute Gasteiger partial charge is 0.440 e. The molecule has 1 N–H and O–H groups in total. The lowest BCUT2D eigenvalue weighted by molar-refractivity contribution is 0.0706. The molecule has 0 bridgehead atoms. The Hall–Kier alpha value is -2.75. The van der Waals surface area contributed by atoms with Gasteiger partial charge in [-0.25, -0.2) is 18.1 Å². The first-order chi connectivity index (χ1) is 16.0. The molecule has 2 aliphatic rings. The van der Waals surface area contributed by atoms with Crippen molar-refractivity contribution in [1.29, 1.82) is 0 Å². The van der Waals surface area contributed by atoms with Gasteiger partial charge < -0.3 is 14.1 Å². The first kappa shape index (κ1) is 22.1. The summed E-state index contributed by atoms with van der Waals surface area (Å²) >= 11 is 0. The van der Waals surface area contributed by atoms with Crippen LogP contribution in [-0.2, 0) is 14.8 Å². The number of amides is 1. The van der Waals surface area contributed by atoms with E-state index in [0.717, 1.165) is 36.8 Å². The van der Waals surface area contributed by atoms with Gasteiger partial charge in [0.15, 0.2) is 11.5 Å². The van der Waals surface area contributed by atoms with E-state index >= 15 is 0 Å². The minimum absolute atomic E-state index is 0.0905. The number of aromatic nitrogens is 1. The first-order valence-electron chi connectivity index (χ1n) is 11.4. The summed E-state index contributed by atoms with van der Waals surface area (Å²) in [6.45, 7) is 2.04. The van der Waals surface area contributed by atoms with Gasteiger partial charge in [-0.15, -0.1) is 0 Å². The lowest BCUT2D eigenvalue weighted by Gasteiger charge is -2.30. The quantitative estimate of drug-likeness (QED) is 0.594. The fourth-order valence-electron chi connectivity index (χ4n) is 4.46. The highest BCUT2D eigenvalue weighted by Crippen LogP contribution is 2.30. The van der Waals surface area contributed by atoms with Crippen LogP contribution in [0, 0.1) is 0 Å². The minimum Gasteiger partial charge on any atom is -0.440 e. The number of nitrogens with one attached hydrogen (secondary N) is 1. The highest BCUT2D eigenvalue weighted by Gasteiger charge is 2.28. The van der Waals surface area contributed by atoms with Gasteiger partial charge in [0.1, 0.15) is 5.52 Å². The molecule has 3 heterocycles. The van der Waals surface area contributed by atoms with Crippen LogP contribution < -0.4 is 4.72 Å². The molecule has 3 aromatic rings. The molecule has 1 amide bonds. The molecule has 2 aliphatic heterocycles. The van der Waals surface area contributed by atoms with Crippen LogP contribution in [0.15, 0.2) is 57.8 Å². The van der Waals surface area contributed by atoms with Crippen LogP contribution >= 0.6 is 0 Å². The van der Waals surface area contributed by atoms with Crippen molar-refractivity contribution in [3.05, 3.63) is 60.0 Å². The predicted molar refractivity (Wildman–Crippen MR) is 122 cm³/mol. The number of benzene rings is 2. The van der Waals surface area contributed by atoms with E-state index in [-0.39, 0.29) is 29.4 Å². The molecule has 0 spiro atoms. The number of hydrogen-bond donors (Lipinski definition) is 1. The summed E-state index contributed by atoms with van der Waals surface area (Å²) in [4.78, 5) is 19.5. The predicted octanol–water partition coefficient (Wildman–Crippen LogP) is 3.30. The number of rotatable bonds is 6. The molecular weight excluding hydrogens is 442 g/mol. The van der Waals surface area contributed by atoms with Gasteiger partial charge >= 0.3 is 0 Å². The SMILES string of the molecule is O=C(c1cccc(S(=O)(=O)NC[C@H]2CCCO2)c1)N1CCC(c2nc3ccccc3o2)CC1. The van der Waals surface area contributed by atoms with Crippen LogP contribution in [0.5, 0.6) is 0 Å². The molecule has 2 aromatic carbocycles. The number of carbonyl (C=O) groups excluding carboxylic acids is 1. The summed E-state index contributed by atoms with van der Waals surface area (Å²) in [5.41, 5.74) is 1.99. The maximum absolute atomic E-state index is 13.1. The zero-order valence-corrected chi connectivity index (χ0v) is 19.1. The number of piperidine rings is 1. The van der Waals surface area contributed by atoms with Crippen LogP contribution in [-0.4, -0.2) is 56.6 Å². The number of oxazole rings is 1. The number of likely N-dealkylation sites (tertiary alicyclic amines) is 1. The Morgan fingerprint density at radius 2 is 1.91 bits per heavy atom. The van der Waals surface area contributed by atoms with Crippen molar-refractivity contribution in [2.24, 2.45) is 0 Å².